The van der Waals surface area contributed by atoms with Crippen molar-refractivity contribution in [3.63, 3.8) is 0 Å². The number of anilines is 1. The lowest BCUT2D eigenvalue weighted by Crippen LogP contribution is -2.49. The summed E-state index contributed by atoms with van der Waals surface area (Å²) in [5.74, 6) is 0.797. The summed E-state index contributed by atoms with van der Waals surface area (Å²) in [7, 11) is 0. The number of carbonyl (C=O) groups is 1. The maximum absolute atomic E-state index is 12.3. The van der Waals surface area contributed by atoms with E-state index in [1.165, 1.54) is 0 Å². The van der Waals surface area contributed by atoms with Crippen molar-refractivity contribution in [2.45, 2.75) is 20.0 Å². The molecule has 0 bridgehead atoms. The average Bonchev–Trinajstić information content (AvgIpc) is 3.17. The first-order valence-corrected chi connectivity index (χ1v) is 10.0. The van der Waals surface area contributed by atoms with Gasteiger partial charge in [-0.2, -0.15) is 0 Å². The molecule has 1 saturated heterocycles. The van der Waals surface area contributed by atoms with E-state index >= 15 is 0 Å². The van der Waals surface area contributed by atoms with Crippen molar-refractivity contribution >= 4 is 34.5 Å². The number of amides is 1. The molecule has 2 aromatic heterocycles. The Balaban J connectivity index is 1.31. The number of benzene rings is 1. The van der Waals surface area contributed by atoms with Gasteiger partial charge < -0.3 is 10.2 Å². The molecule has 0 spiro atoms. The van der Waals surface area contributed by atoms with Gasteiger partial charge in [0.05, 0.1) is 6.54 Å². The molecule has 1 amide bonds. The van der Waals surface area contributed by atoms with Crippen LogP contribution in [-0.2, 0) is 17.9 Å². The molecule has 0 unspecified atom stereocenters. The van der Waals surface area contributed by atoms with Gasteiger partial charge in [-0.1, -0.05) is 35.0 Å². The second-order valence-corrected chi connectivity index (χ2v) is 7.31. The maximum Gasteiger partial charge on any atom is 0.234 e. The summed E-state index contributed by atoms with van der Waals surface area (Å²) in [5.41, 5.74) is 2.39. The maximum atomic E-state index is 12.3. The highest BCUT2D eigenvalue weighted by Crippen LogP contribution is 2.21. The minimum Gasteiger partial charge on any atom is -0.352 e. The lowest BCUT2D eigenvalue weighted by Gasteiger charge is -2.34. The highest BCUT2D eigenvalue weighted by atomic mass is 35.5. The van der Waals surface area contributed by atoms with Gasteiger partial charge in [0.25, 0.3) is 0 Å². The zero-order valence-electron chi connectivity index (χ0n) is 16.3. The third-order valence-corrected chi connectivity index (χ3v) is 5.42. The summed E-state index contributed by atoms with van der Waals surface area (Å²) >= 11 is 6.14. The van der Waals surface area contributed by atoms with E-state index in [0.717, 1.165) is 48.7 Å². The van der Waals surface area contributed by atoms with Crippen LogP contribution in [-0.4, -0.2) is 68.5 Å². The molecule has 10 heteroatoms. The summed E-state index contributed by atoms with van der Waals surface area (Å²) < 4.78 is 1.76. The number of aryl methyl sites for hydroxylation is 1. The number of hydrogen-bond donors (Lipinski definition) is 1. The molecular weight excluding hydrogens is 392 g/mol. The van der Waals surface area contributed by atoms with E-state index in [1.54, 1.807) is 11.0 Å². The SMILES string of the molecule is CCn1nnc2c(N3CCN(CC(=O)NCc4ccccc4Cl)CC3)ncnc21. The number of carbonyl (C=O) groups excluding carboxylic acids is 1. The van der Waals surface area contributed by atoms with Crippen LogP contribution in [0.4, 0.5) is 5.82 Å². The molecule has 1 fully saturated rings. The van der Waals surface area contributed by atoms with Crippen LogP contribution in [0.15, 0.2) is 30.6 Å². The number of fused-ring (bicyclic) bond motifs is 1. The fourth-order valence-corrected chi connectivity index (χ4v) is 3.64. The molecular formula is C19H23ClN8O. The molecule has 1 aliphatic rings. The van der Waals surface area contributed by atoms with Gasteiger partial charge in [-0.3, -0.25) is 9.69 Å². The van der Waals surface area contributed by atoms with Crippen LogP contribution >= 0.6 is 11.6 Å². The third-order valence-electron chi connectivity index (χ3n) is 5.05. The Bertz CT molecular complexity index is 999. The molecule has 1 aliphatic heterocycles. The molecule has 29 heavy (non-hydrogen) atoms. The molecule has 0 aliphatic carbocycles. The van der Waals surface area contributed by atoms with Crippen LogP contribution in [0.3, 0.4) is 0 Å². The minimum atomic E-state index is -0.00585. The predicted octanol–water partition coefficient (Wildman–Crippen LogP) is 1.33. The number of halogens is 1. The number of hydrogen-bond acceptors (Lipinski definition) is 7. The predicted molar refractivity (Wildman–Crippen MR) is 111 cm³/mol. The number of rotatable bonds is 6. The van der Waals surface area contributed by atoms with Crippen LogP contribution in [0, 0.1) is 0 Å². The van der Waals surface area contributed by atoms with E-state index in [1.807, 2.05) is 31.2 Å². The van der Waals surface area contributed by atoms with E-state index in [2.05, 4.69) is 35.4 Å². The highest BCUT2D eigenvalue weighted by Gasteiger charge is 2.23. The topological polar surface area (TPSA) is 92.1 Å². The number of piperazine rings is 1. The zero-order chi connectivity index (χ0) is 20.2. The first-order chi connectivity index (χ1) is 14.2. The molecule has 152 valence electrons. The van der Waals surface area contributed by atoms with Gasteiger partial charge in [0.15, 0.2) is 17.0 Å². The van der Waals surface area contributed by atoms with Crippen LogP contribution in [0.25, 0.3) is 11.2 Å². The largest absolute Gasteiger partial charge is 0.352 e. The van der Waals surface area contributed by atoms with Crippen LogP contribution in [0.2, 0.25) is 5.02 Å². The second-order valence-electron chi connectivity index (χ2n) is 6.91. The number of aromatic nitrogens is 5. The second kappa shape index (κ2) is 8.71. The van der Waals surface area contributed by atoms with Crippen molar-refractivity contribution in [1.29, 1.82) is 0 Å². The van der Waals surface area contributed by atoms with Crippen molar-refractivity contribution in [3.05, 3.63) is 41.2 Å². The van der Waals surface area contributed by atoms with Gasteiger partial charge in [-0.25, -0.2) is 14.6 Å². The van der Waals surface area contributed by atoms with Crippen LogP contribution in [0.5, 0.6) is 0 Å². The van der Waals surface area contributed by atoms with Gasteiger partial charge in [-0.05, 0) is 18.6 Å². The zero-order valence-corrected chi connectivity index (χ0v) is 17.0. The fourth-order valence-electron chi connectivity index (χ4n) is 3.44. The van der Waals surface area contributed by atoms with Crippen molar-refractivity contribution in [2.75, 3.05) is 37.6 Å². The number of nitrogens with one attached hydrogen (secondary N) is 1. The van der Waals surface area contributed by atoms with Crippen molar-refractivity contribution < 1.29 is 4.79 Å². The van der Waals surface area contributed by atoms with Crippen molar-refractivity contribution in [2.24, 2.45) is 0 Å². The van der Waals surface area contributed by atoms with E-state index in [0.29, 0.717) is 24.7 Å². The summed E-state index contributed by atoms with van der Waals surface area (Å²) in [4.78, 5) is 25.3. The molecule has 3 aromatic rings. The Hall–Kier alpha value is -2.78. The van der Waals surface area contributed by atoms with Crippen LogP contribution < -0.4 is 10.2 Å². The Morgan fingerprint density at radius 1 is 1.17 bits per heavy atom. The summed E-state index contributed by atoms with van der Waals surface area (Å²) in [5, 5.41) is 12.0. The van der Waals surface area contributed by atoms with Gasteiger partial charge >= 0.3 is 0 Å². The first-order valence-electron chi connectivity index (χ1n) is 9.67. The Kier molecular flexibility index (Phi) is 5.86. The first kappa shape index (κ1) is 19.5. The smallest absolute Gasteiger partial charge is 0.234 e. The Morgan fingerprint density at radius 2 is 1.97 bits per heavy atom. The third kappa shape index (κ3) is 4.30. The Morgan fingerprint density at radius 3 is 2.72 bits per heavy atom. The van der Waals surface area contributed by atoms with Crippen LogP contribution in [0.1, 0.15) is 12.5 Å². The van der Waals surface area contributed by atoms with E-state index < -0.39 is 0 Å². The molecule has 1 aromatic carbocycles. The molecule has 0 radical (unpaired) electrons. The standard InChI is InChI=1S/C19H23ClN8O/c1-2-28-19-17(24-25-28)18(22-13-23-19)27-9-7-26(8-10-27)12-16(29)21-11-14-5-3-4-6-15(14)20/h3-6,13H,2,7-12H2,1H3,(H,21,29). The monoisotopic (exact) mass is 414 g/mol. The van der Waals surface area contributed by atoms with Crippen molar-refractivity contribution in [3.8, 4) is 0 Å². The summed E-state index contributed by atoms with van der Waals surface area (Å²) in [6.45, 7) is 6.59. The van der Waals surface area contributed by atoms with Gasteiger partial charge in [-0.15, -0.1) is 5.10 Å². The lowest BCUT2D eigenvalue weighted by atomic mass is 10.2. The molecule has 1 N–H and O–H groups in total. The molecule has 4 rings (SSSR count). The molecule has 9 nitrogen and oxygen atoms in total. The summed E-state index contributed by atoms with van der Waals surface area (Å²) in [6.07, 6.45) is 1.56. The molecule has 0 atom stereocenters. The minimum absolute atomic E-state index is 0.00585. The molecule has 3 heterocycles. The average molecular weight is 415 g/mol. The Labute approximate surface area is 173 Å². The van der Waals surface area contributed by atoms with E-state index in [-0.39, 0.29) is 5.91 Å². The lowest BCUT2D eigenvalue weighted by molar-refractivity contribution is -0.122. The molecule has 0 saturated carbocycles. The fraction of sp³-hybridized carbons (Fsp3) is 0.421. The van der Waals surface area contributed by atoms with Crippen molar-refractivity contribution in [1.82, 2.24) is 35.2 Å². The van der Waals surface area contributed by atoms with Gasteiger partial charge in [0, 0.05) is 44.3 Å². The van der Waals surface area contributed by atoms with Gasteiger partial charge in [0.1, 0.15) is 6.33 Å². The van der Waals surface area contributed by atoms with E-state index in [9.17, 15) is 4.79 Å². The normalized spacial score (nSPS) is 15.0. The number of nitrogens with zero attached hydrogens (tertiary/aromatic N) is 7. The quantitative estimate of drug-likeness (QED) is 0.650. The highest BCUT2D eigenvalue weighted by molar-refractivity contribution is 6.31. The summed E-state index contributed by atoms with van der Waals surface area (Å²) in [6, 6.07) is 7.53. The van der Waals surface area contributed by atoms with Gasteiger partial charge in [0.2, 0.25) is 5.91 Å². The van der Waals surface area contributed by atoms with E-state index in [4.69, 9.17) is 11.6 Å².